The van der Waals surface area contributed by atoms with E-state index in [-0.39, 0.29) is 30.3 Å². The van der Waals surface area contributed by atoms with Crippen LogP contribution in [0.25, 0.3) is 0 Å². The molecule has 2 aromatic carbocycles. The maximum absolute atomic E-state index is 12.4. The number of benzene rings is 2. The van der Waals surface area contributed by atoms with Gasteiger partial charge < -0.3 is 15.8 Å². The van der Waals surface area contributed by atoms with Crippen LogP contribution in [-0.4, -0.2) is 13.0 Å². The molecule has 0 aliphatic rings. The number of hydrogen-bond donors (Lipinski definition) is 2. The van der Waals surface area contributed by atoms with Gasteiger partial charge in [-0.2, -0.15) is 0 Å². The highest BCUT2D eigenvalue weighted by Gasteiger charge is 2.21. The van der Waals surface area contributed by atoms with E-state index >= 15 is 0 Å². The molecule has 130 valence electrons. The van der Waals surface area contributed by atoms with Gasteiger partial charge in [0.05, 0.1) is 12.5 Å². The van der Waals surface area contributed by atoms with Gasteiger partial charge in [0, 0.05) is 19.7 Å². The van der Waals surface area contributed by atoms with E-state index in [4.69, 9.17) is 10.5 Å². The van der Waals surface area contributed by atoms with Crippen molar-refractivity contribution >= 4 is 18.3 Å². The second-order valence-electron chi connectivity index (χ2n) is 5.64. The smallest absolute Gasteiger partial charge is 0.225 e. The first-order chi connectivity index (χ1) is 11.1. The van der Waals surface area contributed by atoms with Crippen LogP contribution in [0.3, 0.4) is 0 Å². The van der Waals surface area contributed by atoms with Crippen LogP contribution in [0.2, 0.25) is 0 Å². The predicted octanol–water partition coefficient (Wildman–Crippen LogP) is 3.21. The number of nitrogens with one attached hydrogen (secondary N) is 1. The minimum absolute atomic E-state index is 0. The zero-order chi connectivity index (χ0) is 16.7. The minimum atomic E-state index is -0.314. The summed E-state index contributed by atoms with van der Waals surface area (Å²) < 4.78 is 5.19. The molecule has 0 bridgehead atoms. The fourth-order valence-corrected chi connectivity index (χ4v) is 2.50. The van der Waals surface area contributed by atoms with E-state index in [0.717, 1.165) is 16.7 Å². The van der Waals surface area contributed by atoms with E-state index in [1.54, 1.807) is 7.11 Å². The topological polar surface area (TPSA) is 64.3 Å². The van der Waals surface area contributed by atoms with E-state index in [2.05, 4.69) is 5.32 Å². The van der Waals surface area contributed by atoms with E-state index in [9.17, 15) is 4.79 Å². The molecule has 2 aromatic rings. The van der Waals surface area contributed by atoms with Crippen molar-refractivity contribution < 1.29 is 9.53 Å². The molecular formula is C19H25ClN2O2. The lowest BCUT2D eigenvalue weighted by Gasteiger charge is -2.20. The zero-order valence-corrected chi connectivity index (χ0v) is 14.9. The number of nitrogens with two attached hydrogens (primary N) is 1. The average molecular weight is 349 g/mol. The predicted molar refractivity (Wildman–Crippen MR) is 98.8 cm³/mol. The minimum Gasteiger partial charge on any atom is -0.380 e. The number of carbonyl (C=O) groups is 1. The molecule has 0 spiro atoms. The molecule has 2 rings (SSSR count). The molecule has 3 N–H and O–H groups in total. The molecule has 2 unspecified atom stereocenters. The van der Waals surface area contributed by atoms with Gasteiger partial charge in [0.1, 0.15) is 0 Å². The summed E-state index contributed by atoms with van der Waals surface area (Å²) >= 11 is 0. The molecule has 0 aromatic heterocycles. The van der Waals surface area contributed by atoms with E-state index in [1.807, 2.05) is 61.5 Å². The molecule has 0 aliphatic carbocycles. The number of amides is 1. The highest BCUT2D eigenvalue weighted by molar-refractivity contribution is 5.85. The van der Waals surface area contributed by atoms with E-state index < -0.39 is 0 Å². The van der Waals surface area contributed by atoms with Crippen molar-refractivity contribution in [2.75, 3.05) is 7.11 Å². The van der Waals surface area contributed by atoms with Crippen LogP contribution in [0.15, 0.2) is 54.6 Å². The molecule has 0 saturated carbocycles. The van der Waals surface area contributed by atoms with Crippen LogP contribution in [-0.2, 0) is 22.7 Å². The Labute approximate surface area is 149 Å². The molecular weight excluding hydrogens is 324 g/mol. The first-order valence-electron chi connectivity index (χ1n) is 7.77. The van der Waals surface area contributed by atoms with Gasteiger partial charge >= 0.3 is 0 Å². The third kappa shape index (κ3) is 5.34. The highest BCUT2D eigenvalue weighted by atomic mass is 35.5. The zero-order valence-electron chi connectivity index (χ0n) is 14.1. The summed E-state index contributed by atoms with van der Waals surface area (Å²) in [6, 6.07) is 17.3. The lowest BCUT2D eigenvalue weighted by atomic mass is 9.94. The van der Waals surface area contributed by atoms with E-state index in [0.29, 0.717) is 13.2 Å². The van der Waals surface area contributed by atoms with Crippen LogP contribution in [0, 0.1) is 5.92 Å². The van der Waals surface area contributed by atoms with Gasteiger partial charge in [-0.05, 0) is 16.7 Å². The fraction of sp³-hybridized carbons (Fsp3) is 0.316. The molecule has 1 amide bonds. The van der Waals surface area contributed by atoms with Crippen LogP contribution < -0.4 is 11.1 Å². The summed E-state index contributed by atoms with van der Waals surface area (Å²) in [6.07, 6.45) is 0. The third-order valence-electron chi connectivity index (χ3n) is 4.01. The van der Waals surface area contributed by atoms with Gasteiger partial charge in [-0.3, -0.25) is 4.79 Å². The normalized spacial score (nSPS) is 12.8. The van der Waals surface area contributed by atoms with Crippen LogP contribution in [0.1, 0.15) is 29.7 Å². The summed E-state index contributed by atoms with van der Waals surface area (Å²) in [4.78, 5) is 12.4. The van der Waals surface area contributed by atoms with Crippen molar-refractivity contribution in [3.63, 3.8) is 0 Å². The first-order valence-corrected chi connectivity index (χ1v) is 7.77. The van der Waals surface area contributed by atoms with Gasteiger partial charge in [-0.1, -0.05) is 61.5 Å². The van der Waals surface area contributed by atoms with E-state index in [1.165, 1.54) is 0 Å². The van der Waals surface area contributed by atoms with Crippen LogP contribution in [0.4, 0.5) is 0 Å². The molecule has 24 heavy (non-hydrogen) atoms. The van der Waals surface area contributed by atoms with Crippen molar-refractivity contribution in [2.24, 2.45) is 11.7 Å². The number of rotatable bonds is 7. The van der Waals surface area contributed by atoms with Crippen molar-refractivity contribution in [3.8, 4) is 0 Å². The molecule has 5 heteroatoms. The quantitative estimate of drug-likeness (QED) is 0.807. The molecule has 0 saturated heterocycles. The first kappa shape index (κ1) is 20.2. The SMILES string of the molecule is COCc1ccccc1CNC(=O)C(C)C(N)c1ccccc1.Cl. The maximum atomic E-state index is 12.4. The van der Waals surface area contributed by atoms with Crippen LogP contribution >= 0.6 is 12.4 Å². The Bertz CT molecular complexity index is 634. The van der Waals surface area contributed by atoms with Gasteiger partial charge in [0.2, 0.25) is 5.91 Å². The number of halogens is 1. The van der Waals surface area contributed by atoms with Crippen molar-refractivity contribution in [2.45, 2.75) is 26.1 Å². The maximum Gasteiger partial charge on any atom is 0.225 e. The number of methoxy groups -OCH3 is 1. The Kier molecular flexibility index (Phi) is 8.47. The third-order valence-corrected chi connectivity index (χ3v) is 4.01. The molecule has 4 nitrogen and oxygen atoms in total. The van der Waals surface area contributed by atoms with Gasteiger partial charge in [0.25, 0.3) is 0 Å². The highest BCUT2D eigenvalue weighted by Crippen LogP contribution is 2.19. The molecule has 0 radical (unpaired) electrons. The summed E-state index contributed by atoms with van der Waals surface area (Å²) in [5, 5.41) is 2.97. The second kappa shape index (κ2) is 10.1. The Morgan fingerprint density at radius 2 is 1.67 bits per heavy atom. The van der Waals surface area contributed by atoms with Gasteiger partial charge in [-0.25, -0.2) is 0 Å². The van der Waals surface area contributed by atoms with Gasteiger partial charge in [0.15, 0.2) is 0 Å². The monoisotopic (exact) mass is 348 g/mol. The lowest BCUT2D eigenvalue weighted by Crippen LogP contribution is -2.35. The molecule has 0 fully saturated rings. The Hall–Kier alpha value is -1.88. The molecule has 0 aliphatic heterocycles. The number of ether oxygens (including phenoxy) is 1. The summed E-state index contributed by atoms with van der Waals surface area (Å²) in [7, 11) is 1.66. The van der Waals surface area contributed by atoms with Gasteiger partial charge in [-0.15, -0.1) is 12.4 Å². The van der Waals surface area contributed by atoms with Crippen molar-refractivity contribution in [1.29, 1.82) is 0 Å². The lowest BCUT2D eigenvalue weighted by molar-refractivity contribution is -0.125. The Balaban J connectivity index is 0.00000288. The number of hydrogen-bond acceptors (Lipinski definition) is 3. The largest absolute Gasteiger partial charge is 0.380 e. The van der Waals surface area contributed by atoms with Crippen molar-refractivity contribution in [3.05, 3.63) is 71.3 Å². The van der Waals surface area contributed by atoms with Crippen LogP contribution in [0.5, 0.6) is 0 Å². The molecule has 0 heterocycles. The average Bonchev–Trinajstić information content (AvgIpc) is 2.60. The Morgan fingerprint density at radius 3 is 2.29 bits per heavy atom. The summed E-state index contributed by atoms with van der Waals surface area (Å²) in [5.74, 6) is -0.347. The summed E-state index contributed by atoms with van der Waals surface area (Å²) in [6.45, 7) is 2.86. The van der Waals surface area contributed by atoms with Crippen molar-refractivity contribution in [1.82, 2.24) is 5.32 Å². The Morgan fingerprint density at radius 1 is 1.08 bits per heavy atom. The molecule has 2 atom stereocenters. The summed E-state index contributed by atoms with van der Waals surface area (Å²) in [5.41, 5.74) is 9.31. The number of carbonyl (C=O) groups excluding carboxylic acids is 1. The standard InChI is InChI=1S/C19H24N2O2.ClH/c1-14(18(20)15-8-4-3-5-9-15)19(22)21-12-16-10-6-7-11-17(16)13-23-2;/h3-11,14,18H,12-13,20H2,1-2H3,(H,21,22);1H. The second-order valence-corrected chi connectivity index (χ2v) is 5.64. The fourth-order valence-electron chi connectivity index (χ4n) is 2.50.